The molecular formula is C57H72Cl2F6K2N10O11S4. The number of hydrogen-bond acceptors (Lipinski definition) is 17. The molecule has 2 aliphatic carbocycles. The molecule has 4 aliphatic rings. The number of ether oxygens (including phenoxy) is 2. The zero-order valence-electron chi connectivity index (χ0n) is 52.6. The number of rotatable bonds is 18. The summed E-state index contributed by atoms with van der Waals surface area (Å²) in [6, 6.07) is 23.9. The molecule has 2 saturated carbocycles. The van der Waals surface area contributed by atoms with Crippen molar-refractivity contribution in [3.63, 3.8) is 0 Å². The SMILES string of the molecule is C[C@@H]1CN(c2nc(-n3ccc(COCC4(C(F)(F)F)CC4)n3)ccc2C(=O)NS(=O)(=O)c2ccccc2)C(C)(C)C1.C[C@@H]1CNC(C)(C)C1.Cl.O=C(NS(=O)(=O)c1ccccc1)c1ccc(-n2ccc(COCC3(C(F)(F)F)CC3)n2)nc1Cl.O=CO[O-].S.S.[H-].[K+].[K+]. The monoisotopic (exact) mass is 1460 g/mol. The van der Waals surface area contributed by atoms with Gasteiger partial charge in [-0.15, -0.1) is 12.4 Å². The molecule has 2 atom stereocenters. The van der Waals surface area contributed by atoms with Gasteiger partial charge in [-0.05, 0) is 145 Å². The molecule has 35 heteroatoms. The van der Waals surface area contributed by atoms with Gasteiger partial charge in [-0.1, -0.05) is 61.8 Å². The number of pyridine rings is 2. The Hall–Kier alpha value is -2.76. The van der Waals surface area contributed by atoms with Gasteiger partial charge in [-0.3, -0.25) is 14.4 Å². The van der Waals surface area contributed by atoms with E-state index in [0.29, 0.717) is 41.0 Å². The zero-order chi connectivity index (χ0) is 63.8. The van der Waals surface area contributed by atoms with E-state index in [-0.39, 0.29) is 226 Å². The fourth-order valence-electron chi connectivity index (χ4n) is 9.92. The minimum absolute atomic E-state index is 0. The van der Waals surface area contributed by atoms with Crippen molar-refractivity contribution < 1.29 is 181 Å². The van der Waals surface area contributed by atoms with Crippen LogP contribution in [0.4, 0.5) is 32.2 Å². The number of aromatic nitrogens is 6. The molecule has 6 aromatic rings. The zero-order valence-corrected chi connectivity index (χ0v) is 63.1. The van der Waals surface area contributed by atoms with Crippen molar-refractivity contribution in [1.29, 1.82) is 0 Å². The first-order valence-corrected chi connectivity index (χ1v) is 30.6. The number of amides is 2. The maximum absolute atomic E-state index is 13.4. The average Bonchev–Trinajstić information content (AvgIpc) is 1.68. The number of anilines is 1. The van der Waals surface area contributed by atoms with Gasteiger partial charge in [-0.25, -0.2) is 45.6 Å². The third-order valence-electron chi connectivity index (χ3n) is 14.8. The van der Waals surface area contributed by atoms with Crippen molar-refractivity contribution in [2.24, 2.45) is 22.7 Å². The van der Waals surface area contributed by atoms with Crippen molar-refractivity contribution in [2.75, 3.05) is 31.2 Å². The third kappa shape index (κ3) is 22.9. The van der Waals surface area contributed by atoms with Crippen LogP contribution in [0.1, 0.15) is 114 Å². The average molecular weight is 1460 g/mol. The Labute approximate surface area is 642 Å². The van der Waals surface area contributed by atoms with Crippen LogP contribution in [0.5, 0.6) is 0 Å². The quantitative estimate of drug-likeness (QED) is 0.0278. The normalized spacial score (nSPS) is 17.7. The Morgan fingerprint density at radius 1 is 0.685 bits per heavy atom. The topological polar surface area (TPSA) is 271 Å². The summed E-state index contributed by atoms with van der Waals surface area (Å²) in [5, 5.41) is 20.2. The first kappa shape index (κ1) is 85.3. The van der Waals surface area contributed by atoms with Crippen LogP contribution < -0.4 is 128 Å². The van der Waals surface area contributed by atoms with Crippen LogP contribution in [0, 0.1) is 22.7 Å². The summed E-state index contributed by atoms with van der Waals surface area (Å²) in [4.78, 5) is 47.7. The van der Waals surface area contributed by atoms with E-state index in [2.05, 4.69) is 57.8 Å². The Bertz CT molecular complexity index is 3620. The second kappa shape index (κ2) is 35.7. The minimum atomic E-state index is -4.29. The van der Waals surface area contributed by atoms with Gasteiger partial charge in [0.25, 0.3) is 38.3 Å². The van der Waals surface area contributed by atoms with E-state index in [1.54, 1.807) is 48.7 Å². The molecule has 92 heavy (non-hydrogen) atoms. The minimum Gasteiger partial charge on any atom is -1.00 e. The Kier molecular flexibility index (Phi) is 33.1. The molecule has 2 aliphatic heterocycles. The van der Waals surface area contributed by atoms with Gasteiger partial charge in [0, 0.05) is 30.0 Å². The number of sulfonamides is 2. The number of carbonyl (C=O) groups is 3. The van der Waals surface area contributed by atoms with Crippen LogP contribution in [-0.4, -0.2) is 114 Å². The maximum Gasteiger partial charge on any atom is 1.00 e. The fraction of sp³-hybridized carbons (Fsp3) is 0.456. The molecule has 21 nitrogen and oxygen atoms in total. The molecule has 0 radical (unpaired) electrons. The van der Waals surface area contributed by atoms with Crippen molar-refractivity contribution in [2.45, 2.75) is 127 Å². The number of nitrogens with one attached hydrogen (secondary N) is 3. The van der Waals surface area contributed by atoms with E-state index in [1.165, 1.54) is 83.1 Å². The standard InChI is InChI=1S/C28H32F3N5O4S.C21H18ClF3N4O4S.C7H15N.CH2O3.ClH.2K.2H2S.H/c1-19-15-26(2,3)35(16-19)24-22(25(37)34-41(38,39)21-7-5-4-6-8-21)9-10-23(32-24)36-14-11-20(33-36)17-40-18-27(12-13-27)28(29,30)31;22-18-16(19(30)28-34(31,32)15-4-2-1-3-5-15)6-7-17(26-18)29-11-8-14(27-29)12-33-13-20(9-10-20)21(23,24)25;1-6-4-7(2,3)8-5-6;2-1-4-3;;;;;;/h4-11,14,19H,12-13,15-18H2,1-3H3,(H,34,37);1-8,11H,9-10,12-13H2,(H,28,30);6,8H,4-5H2,1-3H3;1,3H;1H;;;2*1H2;/q;;;;;2*+1;;;-1/p-1/t19-;;6-;;;;;;;/m0.0......./s1. The Balaban J connectivity index is 0.000000753. The molecule has 2 amide bonds. The van der Waals surface area contributed by atoms with Crippen LogP contribution >= 0.6 is 51.0 Å². The molecule has 4 fully saturated rings. The van der Waals surface area contributed by atoms with Crippen molar-refractivity contribution in [1.82, 2.24) is 44.3 Å². The van der Waals surface area contributed by atoms with Gasteiger partial charge < -0.3 is 31.3 Å². The summed E-state index contributed by atoms with van der Waals surface area (Å²) in [5.74, 6) is 0.300. The summed E-state index contributed by atoms with van der Waals surface area (Å²) in [5.41, 5.74) is -2.72. The first-order chi connectivity index (χ1) is 40.7. The van der Waals surface area contributed by atoms with Gasteiger partial charge in [-0.2, -0.15) is 63.5 Å². The Morgan fingerprint density at radius 3 is 1.43 bits per heavy atom. The van der Waals surface area contributed by atoms with Crippen LogP contribution in [0.15, 0.2) is 119 Å². The van der Waals surface area contributed by atoms with Crippen LogP contribution in [0.3, 0.4) is 0 Å². The second-order valence-electron chi connectivity index (χ2n) is 23.1. The molecular weight excluding hydrogens is 1390 g/mol. The Morgan fingerprint density at radius 2 is 1.10 bits per heavy atom. The maximum atomic E-state index is 13.4. The van der Waals surface area contributed by atoms with Gasteiger partial charge in [0.2, 0.25) is 0 Å². The number of hydrogen-bond donors (Lipinski definition) is 3. The number of alkyl halides is 6. The largest absolute Gasteiger partial charge is 1.00 e. The van der Waals surface area contributed by atoms with E-state index in [4.69, 9.17) is 36.1 Å². The molecule has 0 unspecified atom stereocenters. The number of benzene rings is 2. The molecule has 2 saturated heterocycles. The smallest absolute Gasteiger partial charge is 1.00 e. The molecule has 10 rings (SSSR count). The summed E-state index contributed by atoms with van der Waals surface area (Å²) in [6.45, 7) is 13.6. The van der Waals surface area contributed by atoms with Gasteiger partial charge in [0.05, 0.1) is 69.6 Å². The fourth-order valence-corrected chi connectivity index (χ4v) is 12.1. The summed E-state index contributed by atoms with van der Waals surface area (Å²) in [7, 11) is -8.21. The van der Waals surface area contributed by atoms with Gasteiger partial charge in [0.1, 0.15) is 11.0 Å². The van der Waals surface area contributed by atoms with Crippen molar-refractivity contribution >= 4 is 95.2 Å². The molecule has 0 spiro atoms. The summed E-state index contributed by atoms with van der Waals surface area (Å²) < 4.78 is 146. The number of halogens is 8. The number of nitrogens with zero attached hydrogens (tertiary/aromatic N) is 7. The summed E-state index contributed by atoms with van der Waals surface area (Å²) in [6.07, 6.45) is -3.06. The van der Waals surface area contributed by atoms with Crippen LogP contribution in [0.2, 0.25) is 5.15 Å². The van der Waals surface area contributed by atoms with Crippen LogP contribution in [0.25, 0.3) is 11.6 Å². The molecule has 2 aromatic carbocycles. The van der Waals surface area contributed by atoms with E-state index in [0.717, 1.165) is 12.3 Å². The van der Waals surface area contributed by atoms with E-state index >= 15 is 0 Å². The molecule has 6 heterocycles. The molecule has 498 valence electrons. The van der Waals surface area contributed by atoms with Crippen LogP contribution in [-0.2, 0) is 52.4 Å². The first-order valence-electron chi connectivity index (χ1n) is 27.3. The predicted molar refractivity (Wildman–Crippen MR) is 332 cm³/mol. The second-order valence-corrected chi connectivity index (χ2v) is 26.8. The van der Waals surface area contributed by atoms with Gasteiger partial charge in [0.15, 0.2) is 11.6 Å². The van der Waals surface area contributed by atoms with E-state index in [9.17, 15) is 52.8 Å². The van der Waals surface area contributed by atoms with E-state index in [1.807, 2.05) is 23.5 Å². The number of carbonyl (C=O) groups excluding carboxylic acids is 3. The van der Waals surface area contributed by atoms with Gasteiger partial charge >= 0.3 is 115 Å². The van der Waals surface area contributed by atoms with Crippen molar-refractivity contribution in [3.05, 3.63) is 137 Å². The molecule has 4 aromatic heterocycles. The molecule has 3 N–H and O–H groups in total. The van der Waals surface area contributed by atoms with Crippen molar-refractivity contribution in [3.8, 4) is 11.6 Å². The van der Waals surface area contributed by atoms with E-state index < -0.39 is 68.3 Å². The summed E-state index contributed by atoms with van der Waals surface area (Å²) >= 11 is 6.10. The predicted octanol–water partition coefficient (Wildman–Crippen LogP) is 3.37. The molecule has 0 bridgehead atoms. The third-order valence-corrected chi connectivity index (χ3v) is 17.8.